The second-order valence-electron chi connectivity index (χ2n) is 6.49. The van der Waals surface area contributed by atoms with Crippen molar-refractivity contribution in [2.75, 3.05) is 46.0 Å². The van der Waals surface area contributed by atoms with Crippen LogP contribution in [0.4, 0.5) is 0 Å². The smallest absolute Gasteiger partial charge is 0.191 e. The molecule has 1 aromatic carbocycles. The van der Waals surface area contributed by atoms with Crippen molar-refractivity contribution in [3.8, 4) is 0 Å². The van der Waals surface area contributed by atoms with Gasteiger partial charge in [-0.3, -0.25) is 4.99 Å². The molecule has 0 aliphatic carbocycles. The molecule has 140 valence electrons. The summed E-state index contributed by atoms with van der Waals surface area (Å²) in [5.74, 6) is 0.810. The molecule has 25 heavy (non-hydrogen) atoms. The van der Waals surface area contributed by atoms with E-state index in [1.54, 1.807) is 19.2 Å². The maximum atomic E-state index is 11.5. The molecule has 1 fully saturated rings. The summed E-state index contributed by atoms with van der Waals surface area (Å²) in [4.78, 5) is 7.10. The van der Waals surface area contributed by atoms with Crippen LogP contribution >= 0.6 is 0 Å². The lowest BCUT2D eigenvalue weighted by molar-refractivity contribution is 0.232. The van der Waals surface area contributed by atoms with Gasteiger partial charge < -0.3 is 15.5 Å². The van der Waals surface area contributed by atoms with Crippen LogP contribution in [0.3, 0.4) is 0 Å². The third kappa shape index (κ3) is 7.04. The fraction of sp³-hybridized carbons (Fsp3) is 0.611. The van der Waals surface area contributed by atoms with Gasteiger partial charge in [-0.15, -0.1) is 0 Å². The number of hydrogen-bond donors (Lipinski definition) is 2. The Balaban J connectivity index is 1.68. The van der Waals surface area contributed by atoms with E-state index in [-0.39, 0.29) is 0 Å². The predicted octanol–water partition coefficient (Wildman–Crippen LogP) is 1.28. The van der Waals surface area contributed by atoms with Crippen molar-refractivity contribution >= 4 is 15.8 Å². The molecular formula is C18H30N4O2S. The van der Waals surface area contributed by atoms with Crippen LogP contribution in [0.5, 0.6) is 0 Å². The average Bonchev–Trinajstić information content (AvgIpc) is 2.61. The first-order chi connectivity index (χ1) is 12.0. The van der Waals surface area contributed by atoms with E-state index in [9.17, 15) is 8.42 Å². The Morgan fingerprint density at radius 1 is 1.08 bits per heavy atom. The lowest BCUT2D eigenvalue weighted by atomic mass is 10.1. The third-order valence-electron chi connectivity index (χ3n) is 4.45. The van der Waals surface area contributed by atoms with E-state index in [2.05, 4.69) is 20.5 Å². The topological polar surface area (TPSA) is 73.8 Å². The number of piperidine rings is 1. The molecule has 7 heteroatoms. The maximum Gasteiger partial charge on any atom is 0.191 e. The van der Waals surface area contributed by atoms with Gasteiger partial charge in [-0.05, 0) is 50.0 Å². The van der Waals surface area contributed by atoms with Crippen molar-refractivity contribution in [2.24, 2.45) is 4.99 Å². The van der Waals surface area contributed by atoms with E-state index in [0.29, 0.717) is 4.90 Å². The predicted molar refractivity (Wildman–Crippen MR) is 103 cm³/mol. The Kier molecular flexibility index (Phi) is 7.71. The zero-order chi connectivity index (χ0) is 18.1. The lowest BCUT2D eigenvalue weighted by Crippen LogP contribution is -2.43. The Hall–Kier alpha value is -1.60. The number of nitrogens with zero attached hydrogens (tertiary/aromatic N) is 2. The molecule has 1 aliphatic heterocycles. The van der Waals surface area contributed by atoms with Crippen LogP contribution < -0.4 is 10.6 Å². The van der Waals surface area contributed by atoms with E-state index >= 15 is 0 Å². The summed E-state index contributed by atoms with van der Waals surface area (Å²) in [7, 11) is -1.35. The van der Waals surface area contributed by atoms with E-state index in [1.807, 2.05) is 12.1 Å². The first-order valence-corrected chi connectivity index (χ1v) is 10.8. The SMILES string of the molecule is CN=C(NCCc1ccc(S(C)(=O)=O)cc1)NCCN1CCCCC1. The Morgan fingerprint density at radius 2 is 1.72 bits per heavy atom. The normalized spacial score (nSPS) is 16.6. The molecule has 0 amide bonds. The van der Waals surface area contributed by atoms with Crippen molar-refractivity contribution in [1.82, 2.24) is 15.5 Å². The Labute approximate surface area is 151 Å². The quantitative estimate of drug-likeness (QED) is 0.562. The van der Waals surface area contributed by atoms with Crippen molar-refractivity contribution in [3.63, 3.8) is 0 Å². The summed E-state index contributed by atoms with van der Waals surface area (Å²) in [5, 5.41) is 6.65. The highest BCUT2D eigenvalue weighted by Gasteiger charge is 2.09. The van der Waals surface area contributed by atoms with Crippen LogP contribution in [-0.2, 0) is 16.3 Å². The largest absolute Gasteiger partial charge is 0.356 e. The summed E-state index contributed by atoms with van der Waals surface area (Å²) >= 11 is 0. The van der Waals surface area contributed by atoms with Gasteiger partial charge >= 0.3 is 0 Å². The van der Waals surface area contributed by atoms with Crippen molar-refractivity contribution < 1.29 is 8.42 Å². The molecule has 1 saturated heterocycles. The number of rotatable bonds is 7. The molecule has 1 aliphatic rings. The Bertz CT molecular complexity index is 650. The zero-order valence-corrected chi connectivity index (χ0v) is 16.1. The summed E-state index contributed by atoms with van der Waals surface area (Å²) in [6, 6.07) is 7.06. The zero-order valence-electron chi connectivity index (χ0n) is 15.3. The summed E-state index contributed by atoms with van der Waals surface area (Å²) in [6.45, 7) is 5.10. The summed E-state index contributed by atoms with van der Waals surface area (Å²) < 4.78 is 22.9. The molecule has 0 spiro atoms. The minimum Gasteiger partial charge on any atom is -0.356 e. The van der Waals surface area contributed by atoms with Gasteiger partial charge in [-0.1, -0.05) is 18.6 Å². The minimum atomic E-state index is -3.13. The van der Waals surface area contributed by atoms with E-state index < -0.39 is 9.84 Å². The highest BCUT2D eigenvalue weighted by Crippen LogP contribution is 2.10. The van der Waals surface area contributed by atoms with Gasteiger partial charge in [0.1, 0.15) is 0 Å². The van der Waals surface area contributed by atoms with Crippen LogP contribution in [0.1, 0.15) is 24.8 Å². The minimum absolute atomic E-state index is 0.361. The van der Waals surface area contributed by atoms with Crippen LogP contribution in [-0.4, -0.2) is 65.3 Å². The number of likely N-dealkylation sites (tertiary alicyclic amines) is 1. The maximum absolute atomic E-state index is 11.5. The van der Waals surface area contributed by atoms with Gasteiger partial charge in [0.2, 0.25) is 0 Å². The molecule has 1 aromatic rings. The van der Waals surface area contributed by atoms with Gasteiger partial charge in [0, 0.05) is 32.9 Å². The van der Waals surface area contributed by atoms with Gasteiger partial charge in [0.05, 0.1) is 4.90 Å². The highest BCUT2D eigenvalue weighted by molar-refractivity contribution is 7.90. The molecule has 0 radical (unpaired) electrons. The van der Waals surface area contributed by atoms with Gasteiger partial charge in [0.25, 0.3) is 0 Å². The first kappa shape index (κ1) is 19.7. The number of aliphatic imine (C=N–C) groups is 1. The first-order valence-electron chi connectivity index (χ1n) is 8.95. The number of sulfone groups is 1. The molecule has 0 unspecified atom stereocenters. The molecule has 0 saturated carbocycles. The molecule has 0 aromatic heterocycles. The fourth-order valence-corrected chi connectivity index (χ4v) is 3.60. The number of guanidine groups is 1. The number of benzene rings is 1. The third-order valence-corrected chi connectivity index (χ3v) is 5.58. The number of nitrogens with one attached hydrogen (secondary N) is 2. The van der Waals surface area contributed by atoms with Crippen molar-refractivity contribution in [2.45, 2.75) is 30.6 Å². The van der Waals surface area contributed by atoms with E-state index in [0.717, 1.165) is 37.6 Å². The molecule has 6 nitrogen and oxygen atoms in total. The van der Waals surface area contributed by atoms with Crippen LogP contribution in [0.25, 0.3) is 0 Å². The van der Waals surface area contributed by atoms with Crippen molar-refractivity contribution in [3.05, 3.63) is 29.8 Å². The van der Waals surface area contributed by atoms with Crippen molar-refractivity contribution in [1.29, 1.82) is 0 Å². The van der Waals surface area contributed by atoms with E-state index in [4.69, 9.17) is 0 Å². The molecule has 1 heterocycles. The highest BCUT2D eigenvalue weighted by atomic mass is 32.2. The standard InChI is InChI=1S/C18H30N4O2S/c1-19-18(21-12-15-22-13-4-3-5-14-22)20-11-10-16-6-8-17(9-7-16)25(2,23)24/h6-9H,3-5,10-15H2,1-2H3,(H2,19,20,21). The molecule has 0 bridgehead atoms. The van der Waals surface area contributed by atoms with Crippen LogP contribution in [0.15, 0.2) is 34.2 Å². The fourth-order valence-electron chi connectivity index (χ4n) is 2.96. The van der Waals surface area contributed by atoms with Gasteiger partial charge in [-0.25, -0.2) is 8.42 Å². The second-order valence-corrected chi connectivity index (χ2v) is 8.51. The molecule has 0 atom stereocenters. The summed E-state index contributed by atoms with van der Waals surface area (Å²) in [6.07, 6.45) is 6.02. The lowest BCUT2D eigenvalue weighted by Gasteiger charge is -2.26. The molecule has 2 rings (SSSR count). The van der Waals surface area contributed by atoms with Crippen LogP contribution in [0.2, 0.25) is 0 Å². The second kappa shape index (κ2) is 9.77. The van der Waals surface area contributed by atoms with Gasteiger partial charge in [-0.2, -0.15) is 0 Å². The van der Waals surface area contributed by atoms with E-state index in [1.165, 1.54) is 38.6 Å². The molecule has 2 N–H and O–H groups in total. The Morgan fingerprint density at radius 3 is 2.32 bits per heavy atom. The van der Waals surface area contributed by atoms with Gasteiger partial charge in [0.15, 0.2) is 15.8 Å². The average molecular weight is 367 g/mol. The molecular weight excluding hydrogens is 336 g/mol. The monoisotopic (exact) mass is 366 g/mol. The van der Waals surface area contributed by atoms with Crippen LogP contribution in [0, 0.1) is 0 Å². The number of hydrogen-bond acceptors (Lipinski definition) is 4. The summed E-state index contributed by atoms with van der Waals surface area (Å²) in [5.41, 5.74) is 1.10.